The summed E-state index contributed by atoms with van der Waals surface area (Å²) in [6, 6.07) is 8.71. The quantitative estimate of drug-likeness (QED) is 0.724. The first-order valence-corrected chi connectivity index (χ1v) is 10.6. The summed E-state index contributed by atoms with van der Waals surface area (Å²) in [6.07, 6.45) is 4.13. The van der Waals surface area contributed by atoms with Crippen LogP contribution in [0.25, 0.3) is 11.0 Å². The average Bonchev–Trinajstić information content (AvgIpc) is 2.92. The van der Waals surface area contributed by atoms with Crippen LogP contribution in [-0.4, -0.2) is 39.1 Å². The molecule has 0 aliphatic carbocycles. The van der Waals surface area contributed by atoms with Gasteiger partial charge >= 0.3 is 0 Å². The Morgan fingerprint density at radius 1 is 1.19 bits per heavy atom. The minimum Gasteiger partial charge on any atom is -0.354 e. The number of amides is 1. The number of carbonyl (C=O) groups excluding carboxylic acids is 1. The molecule has 3 rings (SSSR count). The molecule has 1 aliphatic heterocycles. The number of nitrogens with one attached hydrogen (secondary N) is 1. The Morgan fingerprint density at radius 2 is 1.81 bits per heavy atom. The first kappa shape index (κ1) is 20.1. The van der Waals surface area contributed by atoms with E-state index in [2.05, 4.69) is 50.5 Å². The standard InChI is InChI=1S/C21H32N4OS/c1-4-5-12-24-18-8-6-7-9-19(18)25(21(24)27)15-23-13-10-17(11-14-23)20(26)22-16(2)3/h6-9,16-17H,4-5,10-15H2,1-3H3,(H,22,26). The predicted molar refractivity (Wildman–Crippen MR) is 113 cm³/mol. The molecule has 0 spiro atoms. The number of aryl methyl sites for hydroxylation is 1. The van der Waals surface area contributed by atoms with Gasteiger partial charge in [-0.25, -0.2) is 0 Å². The van der Waals surface area contributed by atoms with Crippen molar-refractivity contribution in [2.75, 3.05) is 13.1 Å². The Kier molecular flexibility index (Phi) is 6.71. The molecule has 0 saturated carbocycles. The third-order valence-corrected chi connectivity index (χ3v) is 5.83. The number of para-hydroxylation sites is 2. The molecule has 2 heterocycles. The first-order valence-electron chi connectivity index (χ1n) is 10.2. The van der Waals surface area contributed by atoms with Crippen LogP contribution in [0.4, 0.5) is 0 Å². The summed E-state index contributed by atoms with van der Waals surface area (Å²) in [5, 5.41) is 3.05. The van der Waals surface area contributed by atoms with Crippen molar-refractivity contribution >= 4 is 29.2 Å². The molecule has 0 bridgehead atoms. The van der Waals surface area contributed by atoms with E-state index < -0.39 is 0 Å². The number of hydrogen-bond donors (Lipinski definition) is 1. The minimum atomic E-state index is 0.141. The van der Waals surface area contributed by atoms with Crippen LogP contribution in [0.2, 0.25) is 0 Å². The number of piperidine rings is 1. The largest absolute Gasteiger partial charge is 0.354 e. The Balaban J connectivity index is 1.72. The number of carbonyl (C=O) groups is 1. The summed E-state index contributed by atoms with van der Waals surface area (Å²) in [5.74, 6) is 0.347. The van der Waals surface area contributed by atoms with Gasteiger partial charge in [-0.2, -0.15) is 0 Å². The maximum Gasteiger partial charge on any atom is 0.223 e. The molecule has 1 N–H and O–H groups in total. The van der Waals surface area contributed by atoms with E-state index in [1.54, 1.807) is 0 Å². The Hall–Kier alpha value is -1.66. The third kappa shape index (κ3) is 4.61. The van der Waals surface area contributed by atoms with Gasteiger partial charge in [0.2, 0.25) is 5.91 Å². The van der Waals surface area contributed by atoms with Gasteiger partial charge in [0.1, 0.15) is 0 Å². The smallest absolute Gasteiger partial charge is 0.223 e. The molecule has 0 radical (unpaired) electrons. The van der Waals surface area contributed by atoms with Gasteiger partial charge in [0.25, 0.3) is 0 Å². The van der Waals surface area contributed by atoms with Crippen LogP contribution in [0.1, 0.15) is 46.5 Å². The van der Waals surface area contributed by atoms with Crippen molar-refractivity contribution < 1.29 is 4.79 Å². The molecule has 1 amide bonds. The van der Waals surface area contributed by atoms with Gasteiger partial charge in [-0.3, -0.25) is 9.69 Å². The molecule has 1 saturated heterocycles. The van der Waals surface area contributed by atoms with E-state index in [1.165, 1.54) is 11.0 Å². The van der Waals surface area contributed by atoms with Gasteiger partial charge in [-0.05, 0) is 57.5 Å². The van der Waals surface area contributed by atoms with Crippen molar-refractivity contribution in [3.63, 3.8) is 0 Å². The van der Waals surface area contributed by atoms with Crippen LogP contribution in [-0.2, 0) is 18.0 Å². The molecule has 1 fully saturated rings. The summed E-state index contributed by atoms with van der Waals surface area (Å²) in [6.45, 7) is 9.89. The molecule has 6 heteroatoms. The maximum atomic E-state index is 12.3. The summed E-state index contributed by atoms with van der Waals surface area (Å²) in [4.78, 5) is 14.7. The lowest BCUT2D eigenvalue weighted by atomic mass is 9.96. The molecule has 1 aromatic carbocycles. The molecule has 2 aromatic rings. The number of rotatable bonds is 7. The van der Waals surface area contributed by atoms with Crippen molar-refractivity contribution in [1.82, 2.24) is 19.4 Å². The highest BCUT2D eigenvalue weighted by atomic mass is 32.1. The zero-order chi connectivity index (χ0) is 19.4. The second kappa shape index (κ2) is 9.02. The summed E-state index contributed by atoms with van der Waals surface area (Å²) in [7, 11) is 0. The Morgan fingerprint density at radius 3 is 2.41 bits per heavy atom. The molecule has 1 aliphatic rings. The van der Waals surface area contributed by atoms with Crippen molar-refractivity contribution in [3.8, 4) is 0 Å². The van der Waals surface area contributed by atoms with E-state index in [1.807, 2.05) is 13.8 Å². The number of aromatic nitrogens is 2. The van der Waals surface area contributed by atoms with Gasteiger partial charge in [-0.15, -0.1) is 0 Å². The molecule has 5 nitrogen and oxygen atoms in total. The number of likely N-dealkylation sites (tertiary alicyclic amines) is 1. The van der Waals surface area contributed by atoms with E-state index in [0.717, 1.165) is 56.8 Å². The summed E-state index contributed by atoms with van der Waals surface area (Å²) < 4.78 is 5.44. The molecular formula is C21H32N4OS. The normalized spacial score (nSPS) is 16.3. The zero-order valence-corrected chi connectivity index (χ0v) is 17.6. The van der Waals surface area contributed by atoms with Gasteiger partial charge in [-0.1, -0.05) is 25.5 Å². The lowest BCUT2D eigenvalue weighted by Gasteiger charge is -2.31. The van der Waals surface area contributed by atoms with Crippen molar-refractivity contribution in [2.45, 2.75) is 65.7 Å². The second-order valence-corrected chi connectivity index (χ2v) is 8.27. The van der Waals surface area contributed by atoms with Gasteiger partial charge in [0, 0.05) is 31.6 Å². The lowest BCUT2D eigenvalue weighted by molar-refractivity contribution is -0.127. The topological polar surface area (TPSA) is 42.2 Å². The van der Waals surface area contributed by atoms with E-state index in [4.69, 9.17) is 12.2 Å². The van der Waals surface area contributed by atoms with Crippen molar-refractivity contribution in [3.05, 3.63) is 29.0 Å². The number of nitrogens with zero attached hydrogens (tertiary/aromatic N) is 3. The van der Waals surface area contributed by atoms with Crippen LogP contribution in [0.3, 0.4) is 0 Å². The summed E-state index contributed by atoms with van der Waals surface area (Å²) >= 11 is 5.82. The van der Waals surface area contributed by atoms with E-state index in [0.29, 0.717) is 0 Å². The molecule has 0 atom stereocenters. The lowest BCUT2D eigenvalue weighted by Crippen LogP contribution is -2.42. The van der Waals surface area contributed by atoms with Gasteiger partial charge in [0.05, 0.1) is 17.7 Å². The maximum absolute atomic E-state index is 12.3. The number of hydrogen-bond acceptors (Lipinski definition) is 3. The minimum absolute atomic E-state index is 0.141. The van der Waals surface area contributed by atoms with Gasteiger partial charge in [0.15, 0.2) is 4.77 Å². The molecule has 148 valence electrons. The SMILES string of the molecule is CCCCn1c(=S)n(CN2CCC(C(=O)NC(C)C)CC2)c2ccccc21. The van der Waals surface area contributed by atoms with Crippen LogP contribution in [0, 0.1) is 10.7 Å². The predicted octanol–water partition coefficient (Wildman–Crippen LogP) is 4.17. The fourth-order valence-electron chi connectivity index (χ4n) is 3.88. The highest BCUT2D eigenvalue weighted by Gasteiger charge is 2.25. The third-order valence-electron chi connectivity index (χ3n) is 5.39. The number of imidazole rings is 1. The fraction of sp³-hybridized carbons (Fsp3) is 0.619. The van der Waals surface area contributed by atoms with Gasteiger partial charge < -0.3 is 14.5 Å². The average molecular weight is 389 g/mol. The monoisotopic (exact) mass is 388 g/mol. The number of fused-ring (bicyclic) bond motifs is 1. The van der Waals surface area contributed by atoms with Crippen LogP contribution in [0.5, 0.6) is 0 Å². The van der Waals surface area contributed by atoms with E-state index in [-0.39, 0.29) is 17.9 Å². The number of unbranched alkanes of at least 4 members (excludes halogenated alkanes) is 1. The second-order valence-electron chi connectivity index (χ2n) is 7.90. The van der Waals surface area contributed by atoms with Crippen LogP contribution in [0.15, 0.2) is 24.3 Å². The van der Waals surface area contributed by atoms with Crippen molar-refractivity contribution in [2.24, 2.45) is 5.92 Å². The molecule has 0 unspecified atom stereocenters. The molecule has 27 heavy (non-hydrogen) atoms. The molecular weight excluding hydrogens is 356 g/mol. The van der Waals surface area contributed by atoms with Crippen LogP contribution >= 0.6 is 12.2 Å². The van der Waals surface area contributed by atoms with E-state index >= 15 is 0 Å². The fourth-order valence-corrected chi connectivity index (χ4v) is 4.23. The molecule has 1 aromatic heterocycles. The zero-order valence-electron chi connectivity index (χ0n) is 16.8. The number of benzene rings is 1. The Bertz CT molecular complexity index is 830. The summed E-state index contributed by atoms with van der Waals surface area (Å²) in [5.41, 5.74) is 2.43. The van der Waals surface area contributed by atoms with E-state index in [9.17, 15) is 4.79 Å². The van der Waals surface area contributed by atoms with Crippen LogP contribution < -0.4 is 5.32 Å². The van der Waals surface area contributed by atoms with Crippen molar-refractivity contribution in [1.29, 1.82) is 0 Å². The highest BCUT2D eigenvalue weighted by Crippen LogP contribution is 2.22. The first-order chi connectivity index (χ1) is 13.0. The Labute approximate surface area is 167 Å². The highest BCUT2D eigenvalue weighted by molar-refractivity contribution is 7.71.